The maximum Gasteiger partial charge on any atom is 0.0856 e. The highest BCUT2D eigenvalue weighted by Gasteiger charge is 2.22. The lowest BCUT2D eigenvalue weighted by molar-refractivity contribution is -0.386. The summed E-state index contributed by atoms with van der Waals surface area (Å²) in [4.78, 5) is 0. The van der Waals surface area contributed by atoms with Gasteiger partial charge >= 0.3 is 0 Å². The zero-order valence-electron chi connectivity index (χ0n) is 5.77. The third kappa shape index (κ3) is 1.78. The summed E-state index contributed by atoms with van der Waals surface area (Å²) in [5, 5.41) is 0. The standard InChI is InChI=1S/C6H15N3/c1-2-6(3-7,4-8)5-9/h2H,1,3-5,7-9H2/p+1. The average Bonchev–Trinajstić information content (AvgIpc) is 1.95. The Morgan fingerprint density at radius 3 is 1.89 bits per heavy atom. The Morgan fingerprint density at radius 1 is 1.44 bits per heavy atom. The third-order valence-corrected chi connectivity index (χ3v) is 1.74. The predicted molar refractivity (Wildman–Crippen MR) is 38.5 cm³/mol. The molecule has 0 aliphatic heterocycles. The van der Waals surface area contributed by atoms with E-state index in [4.69, 9.17) is 11.5 Å². The molecule has 54 valence electrons. The Bertz CT molecular complexity index is 78.0. The van der Waals surface area contributed by atoms with Crippen LogP contribution in [0.4, 0.5) is 0 Å². The van der Waals surface area contributed by atoms with Gasteiger partial charge in [-0.2, -0.15) is 0 Å². The summed E-state index contributed by atoms with van der Waals surface area (Å²) < 4.78 is 0. The molecule has 3 heteroatoms. The van der Waals surface area contributed by atoms with Crippen molar-refractivity contribution in [3.63, 3.8) is 0 Å². The lowest BCUT2D eigenvalue weighted by Crippen LogP contribution is -2.61. The zero-order chi connectivity index (χ0) is 7.33. The van der Waals surface area contributed by atoms with Gasteiger partial charge in [0.1, 0.15) is 0 Å². The molecule has 0 rings (SSSR count). The topological polar surface area (TPSA) is 79.7 Å². The van der Waals surface area contributed by atoms with Crippen molar-refractivity contribution in [2.45, 2.75) is 0 Å². The van der Waals surface area contributed by atoms with Gasteiger partial charge in [-0.15, -0.1) is 6.58 Å². The molecule has 0 aliphatic carbocycles. The maximum absolute atomic E-state index is 5.45. The summed E-state index contributed by atoms with van der Waals surface area (Å²) in [6, 6.07) is 0. The second-order valence-corrected chi connectivity index (χ2v) is 2.22. The van der Waals surface area contributed by atoms with Crippen molar-refractivity contribution < 1.29 is 5.73 Å². The molecule has 0 aromatic carbocycles. The summed E-state index contributed by atoms with van der Waals surface area (Å²) >= 11 is 0. The van der Waals surface area contributed by atoms with Gasteiger partial charge in [0.05, 0.1) is 12.0 Å². The second-order valence-electron chi connectivity index (χ2n) is 2.22. The van der Waals surface area contributed by atoms with Crippen LogP contribution < -0.4 is 17.2 Å². The Balaban J connectivity index is 3.98. The van der Waals surface area contributed by atoms with Crippen LogP contribution in [0.2, 0.25) is 0 Å². The van der Waals surface area contributed by atoms with Crippen LogP contribution in [0.15, 0.2) is 12.7 Å². The first-order chi connectivity index (χ1) is 4.24. The minimum atomic E-state index is -0.125. The smallest absolute Gasteiger partial charge is 0.0856 e. The molecule has 0 unspecified atom stereocenters. The van der Waals surface area contributed by atoms with E-state index in [0.717, 1.165) is 6.54 Å². The highest BCUT2D eigenvalue weighted by molar-refractivity contribution is 4.95. The second kappa shape index (κ2) is 3.61. The Labute approximate surface area is 55.9 Å². The monoisotopic (exact) mass is 130 g/mol. The molecule has 0 radical (unpaired) electrons. The van der Waals surface area contributed by atoms with Crippen LogP contribution in [-0.4, -0.2) is 19.6 Å². The van der Waals surface area contributed by atoms with E-state index in [9.17, 15) is 0 Å². The van der Waals surface area contributed by atoms with E-state index < -0.39 is 0 Å². The van der Waals surface area contributed by atoms with Crippen LogP contribution in [0.5, 0.6) is 0 Å². The Morgan fingerprint density at radius 2 is 1.89 bits per heavy atom. The van der Waals surface area contributed by atoms with Gasteiger partial charge in [0, 0.05) is 13.1 Å². The summed E-state index contributed by atoms with van der Waals surface area (Å²) in [6.07, 6.45) is 1.79. The molecule has 0 bridgehead atoms. The first kappa shape index (κ1) is 8.62. The van der Waals surface area contributed by atoms with Gasteiger partial charge in [0.25, 0.3) is 0 Å². The number of quaternary nitrogens is 1. The summed E-state index contributed by atoms with van der Waals surface area (Å²) in [5.74, 6) is 0. The molecule has 0 aliphatic rings. The van der Waals surface area contributed by atoms with Gasteiger partial charge < -0.3 is 17.2 Å². The fraction of sp³-hybridized carbons (Fsp3) is 0.667. The maximum atomic E-state index is 5.45. The molecular formula is C6H16N3+. The number of hydrogen-bond donors (Lipinski definition) is 3. The van der Waals surface area contributed by atoms with Gasteiger partial charge in [0.2, 0.25) is 0 Å². The van der Waals surface area contributed by atoms with E-state index in [0.29, 0.717) is 13.1 Å². The van der Waals surface area contributed by atoms with Crippen LogP contribution >= 0.6 is 0 Å². The first-order valence-corrected chi connectivity index (χ1v) is 3.07. The van der Waals surface area contributed by atoms with Crippen molar-refractivity contribution in [2.24, 2.45) is 16.9 Å². The normalized spacial score (nSPS) is 11.4. The predicted octanol–water partition coefficient (Wildman–Crippen LogP) is -1.68. The molecule has 0 aromatic rings. The molecule has 0 fully saturated rings. The Hall–Kier alpha value is -0.380. The third-order valence-electron chi connectivity index (χ3n) is 1.74. The molecule has 9 heavy (non-hydrogen) atoms. The van der Waals surface area contributed by atoms with E-state index in [-0.39, 0.29) is 5.41 Å². The molecule has 0 atom stereocenters. The van der Waals surface area contributed by atoms with Gasteiger partial charge in [-0.05, 0) is 0 Å². The number of nitrogens with two attached hydrogens (primary N) is 2. The van der Waals surface area contributed by atoms with Gasteiger partial charge in [-0.3, -0.25) is 0 Å². The fourth-order valence-corrected chi connectivity index (χ4v) is 0.556. The van der Waals surface area contributed by atoms with Crippen LogP contribution in [0.1, 0.15) is 0 Å². The summed E-state index contributed by atoms with van der Waals surface area (Å²) in [6.45, 7) is 5.45. The minimum absolute atomic E-state index is 0.125. The average molecular weight is 130 g/mol. The molecule has 7 N–H and O–H groups in total. The van der Waals surface area contributed by atoms with Crippen LogP contribution in [0, 0.1) is 5.41 Å². The van der Waals surface area contributed by atoms with E-state index in [2.05, 4.69) is 12.3 Å². The summed E-state index contributed by atoms with van der Waals surface area (Å²) in [7, 11) is 0. The molecule has 0 spiro atoms. The zero-order valence-corrected chi connectivity index (χ0v) is 5.77. The molecule has 0 amide bonds. The quantitative estimate of drug-likeness (QED) is 0.397. The van der Waals surface area contributed by atoms with E-state index >= 15 is 0 Å². The minimum Gasteiger partial charge on any atom is -0.357 e. The van der Waals surface area contributed by atoms with E-state index in [1.165, 1.54) is 0 Å². The van der Waals surface area contributed by atoms with Crippen molar-refractivity contribution in [2.75, 3.05) is 19.6 Å². The molecule has 0 aromatic heterocycles. The highest BCUT2D eigenvalue weighted by atomic mass is 14.7. The Kier molecular flexibility index (Phi) is 3.46. The molecule has 3 nitrogen and oxygen atoms in total. The van der Waals surface area contributed by atoms with Crippen LogP contribution in [-0.2, 0) is 0 Å². The largest absolute Gasteiger partial charge is 0.357 e. The molecular weight excluding hydrogens is 114 g/mol. The van der Waals surface area contributed by atoms with Crippen LogP contribution in [0.3, 0.4) is 0 Å². The van der Waals surface area contributed by atoms with E-state index in [1.54, 1.807) is 6.08 Å². The van der Waals surface area contributed by atoms with Gasteiger partial charge in [-0.1, -0.05) is 6.08 Å². The first-order valence-electron chi connectivity index (χ1n) is 3.07. The van der Waals surface area contributed by atoms with E-state index in [1.807, 2.05) is 0 Å². The van der Waals surface area contributed by atoms with Crippen molar-refractivity contribution >= 4 is 0 Å². The van der Waals surface area contributed by atoms with Gasteiger partial charge in [-0.25, -0.2) is 0 Å². The van der Waals surface area contributed by atoms with Crippen molar-refractivity contribution in [1.29, 1.82) is 0 Å². The number of rotatable bonds is 4. The van der Waals surface area contributed by atoms with Crippen molar-refractivity contribution in [3.05, 3.63) is 12.7 Å². The van der Waals surface area contributed by atoms with Crippen molar-refractivity contribution in [1.82, 2.24) is 0 Å². The lowest BCUT2D eigenvalue weighted by atomic mass is 9.89. The molecule has 0 saturated carbocycles. The van der Waals surface area contributed by atoms with Gasteiger partial charge in [0.15, 0.2) is 0 Å². The fourth-order valence-electron chi connectivity index (χ4n) is 0.556. The van der Waals surface area contributed by atoms with Crippen LogP contribution in [0.25, 0.3) is 0 Å². The molecule has 0 heterocycles. The lowest BCUT2D eigenvalue weighted by Gasteiger charge is -2.21. The van der Waals surface area contributed by atoms with Crippen molar-refractivity contribution in [3.8, 4) is 0 Å². The number of hydrogen-bond acceptors (Lipinski definition) is 2. The molecule has 0 saturated heterocycles. The SMILES string of the molecule is C=CC(CN)(CN)C[NH3+]. The highest BCUT2D eigenvalue weighted by Crippen LogP contribution is 2.10. The summed E-state index contributed by atoms with van der Waals surface area (Å²) in [5.41, 5.74) is 14.5.